The second-order valence-corrected chi connectivity index (χ2v) is 5.17. The highest BCUT2D eigenvalue weighted by Gasteiger charge is 2.08. The summed E-state index contributed by atoms with van der Waals surface area (Å²) in [6.45, 7) is 1.97. The first-order valence-electron chi connectivity index (χ1n) is 5.84. The maximum Gasteiger partial charge on any atom is 0.192 e. The van der Waals surface area contributed by atoms with Crippen molar-refractivity contribution in [3.63, 3.8) is 0 Å². The van der Waals surface area contributed by atoms with Crippen molar-refractivity contribution in [3.05, 3.63) is 48.5 Å². The number of hydrogen-bond acceptors (Lipinski definition) is 5. The van der Waals surface area contributed by atoms with Gasteiger partial charge in [-0.05, 0) is 43.0 Å². The van der Waals surface area contributed by atoms with Gasteiger partial charge >= 0.3 is 0 Å². The fraction of sp³-hybridized carbons (Fsp3) is 0.0714. The molecular formula is C14H12N4S. The van der Waals surface area contributed by atoms with E-state index >= 15 is 0 Å². The van der Waals surface area contributed by atoms with Crippen LogP contribution in [0, 0.1) is 6.92 Å². The summed E-state index contributed by atoms with van der Waals surface area (Å²) in [5.41, 5.74) is 7.69. The van der Waals surface area contributed by atoms with Crippen molar-refractivity contribution >= 4 is 28.2 Å². The molecule has 0 saturated heterocycles. The van der Waals surface area contributed by atoms with Gasteiger partial charge in [0.2, 0.25) is 0 Å². The van der Waals surface area contributed by atoms with Gasteiger partial charge in [0, 0.05) is 45.6 Å². The van der Waals surface area contributed by atoms with Crippen LogP contribution in [0.2, 0.25) is 0 Å². The van der Waals surface area contributed by atoms with Gasteiger partial charge in [-0.1, -0.05) is 0 Å². The van der Waals surface area contributed by atoms with E-state index in [4.69, 9.17) is 5.73 Å². The molecule has 0 spiro atoms. The fourth-order valence-corrected chi connectivity index (χ4v) is 2.70. The molecule has 0 amide bonds. The Morgan fingerprint density at radius 3 is 2.63 bits per heavy atom. The number of nitrogens with two attached hydrogens (primary N) is 1. The van der Waals surface area contributed by atoms with Crippen LogP contribution < -0.4 is 5.73 Å². The van der Waals surface area contributed by atoms with Crippen LogP contribution in [-0.2, 0) is 0 Å². The molecule has 0 atom stereocenters. The quantitative estimate of drug-likeness (QED) is 0.571. The standard InChI is InChI=1S/C14H12N4S/c1-9-7-10-11(8-18-9)12(15)3-4-13(10)19-14-16-5-2-6-17-14/h2-8H,15H2,1H3. The summed E-state index contributed by atoms with van der Waals surface area (Å²) in [6.07, 6.45) is 5.29. The van der Waals surface area contributed by atoms with Crippen LogP contribution in [0.3, 0.4) is 0 Å². The Hall–Kier alpha value is -2.14. The summed E-state index contributed by atoms with van der Waals surface area (Å²) in [6, 6.07) is 7.74. The number of hydrogen-bond donors (Lipinski definition) is 1. The summed E-state index contributed by atoms with van der Waals surface area (Å²) in [7, 11) is 0. The Balaban J connectivity index is 2.13. The van der Waals surface area contributed by atoms with E-state index in [1.54, 1.807) is 18.5 Å². The summed E-state index contributed by atoms with van der Waals surface area (Å²) >= 11 is 1.53. The number of benzene rings is 1. The van der Waals surface area contributed by atoms with E-state index in [0.717, 1.165) is 32.2 Å². The van der Waals surface area contributed by atoms with Crippen LogP contribution in [0.5, 0.6) is 0 Å². The summed E-state index contributed by atoms with van der Waals surface area (Å²) in [5, 5.41) is 2.78. The Labute approximate surface area is 115 Å². The van der Waals surface area contributed by atoms with Crippen LogP contribution in [-0.4, -0.2) is 15.0 Å². The van der Waals surface area contributed by atoms with E-state index in [-0.39, 0.29) is 0 Å². The maximum atomic E-state index is 5.99. The van der Waals surface area contributed by atoms with Gasteiger partial charge in [-0.3, -0.25) is 4.98 Å². The minimum atomic E-state index is 0.725. The topological polar surface area (TPSA) is 64.7 Å². The molecule has 0 fully saturated rings. The van der Waals surface area contributed by atoms with E-state index in [9.17, 15) is 0 Å². The van der Waals surface area contributed by atoms with Crippen molar-refractivity contribution in [1.29, 1.82) is 0 Å². The molecule has 19 heavy (non-hydrogen) atoms. The van der Waals surface area contributed by atoms with Gasteiger partial charge in [0.05, 0.1) is 0 Å². The van der Waals surface area contributed by atoms with Crippen LogP contribution in [0.25, 0.3) is 10.8 Å². The van der Waals surface area contributed by atoms with E-state index in [1.807, 2.05) is 31.3 Å². The Kier molecular flexibility index (Phi) is 3.05. The molecule has 0 aliphatic heterocycles. The Morgan fingerprint density at radius 1 is 1.05 bits per heavy atom. The number of fused-ring (bicyclic) bond motifs is 1. The van der Waals surface area contributed by atoms with Crippen LogP contribution >= 0.6 is 11.8 Å². The lowest BCUT2D eigenvalue weighted by molar-refractivity contribution is 0.967. The van der Waals surface area contributed by atoms with Crippen molar-refractivity contribution in [2.75, 3.05) is 5.73 Å². The molecule has 4 nitrogen and oxygen atoms in total. The second kappa shape index (κ2) is 4.85. The molecule has 2 aromatic heterocycles. The van der Waals surface area contributed by atoms with Gasteiger partial charge in [0.15, 0.2) is 5.16 Å². The minimum absolute atomic E-state index is 0.725. The van der Waals surface area contributed by atoms with Gasteiger partial charge < -0.3 is 5.73 Å². The highest BCUT2D eigenvalue weighted by molar-refractivity contribution is 7.99. The van der Waals surface area contributed by atoms with Crippen LogP contribution in [0.15, 0.2) is 52.9 Å². The molecule has 3 rings (SSSR count). The molecule has 5 heteroatoms. The van der Waals surface area contributed by atoms with Crippen molar-refractivity contribution in [2.45, 2.75) is 17.0 Å². The molecule has 3 aromatic rings. The van der Waals surface area contributed by atoms with Crippen LogP contribution in [0.1, 0.15) is 5.69 Å². The largest absolute Gasteiger partial charge is 0.398 e. The lowest BCUT2D eigenvalue weighted by Gasteiger charge is -2.08. The third-order valence-electron chi connectivity index (χ3n) is 2.77. The first kappa shape index (κ1) is 11.9. The molecule has 0 aliphatic rings. The highest BCUT2D eigenvalue weighted by atomic mass is 32.2. The number of nitrogens with zero attached hydrogens (tertiary/aromatic N) is 3. The highest BCUT2D eigenvalue weighted by Crippen LogP contribution is 2.34. The van der Waals surface area contributed by atoms with E-state index in [0.29, 0.717) is 0 Å². The molecular weight excluding hydrogens is 256 g/mol. The predicted molar refractivity (Wildman–Crippen MR) is 77.0 cm³/mol. The van der Waals surface area contributed by atoms with Crippen molar-refractivity contribution in [3.8, 4) is 0 Å². The lowest BCUT2D eigenvalue weighted by Crippen LogP contribution is -1.91. The third kappa shape index (κ3) is 2.37. The number of aryl methyl sites for hydroxylation is 1. The zero-order valence-electron chi connectivity index (χ0n) is 10.4. The van der Waals surface area contributed by atoms with Gasteiger partial charge in [0.25, 0.3) is 0 Å². The van der Waals surface area contributed by atoms with Gasteiger partial charge in [-0.15, -0.1) is 0 Å². The smallest absolute Gasteiger partial charge is 0.192 e. The Morgan fingerprint density at radius 2 is 1.84 bits per heavy atom. The average molecular weight is 268 g/mol. The SMILES string of the molecule is Cc1cc2c(Sc3ncccn3)ccc(N)c2cn1. The zero-order chi connectivity index (χ0) is 13.2. The molecule has 2 heterocycles. The van der Waals surface area contributed by atoms with Crippen molar-refractivity contribution < 1.29 is 0 Å². The molecule has 0 aliphatic carbocycles. The molecule has 1 aromatic carbocycles. The average Bonchev–Trinajstić information content (AvgIpc) is 2.43. The van der Waals surface area contributed by atoms with Gasteiger partial charge in [0.1, 0.15) is 0 Å². The van der Waals surface area contributed by atoms with Crippen molar-refractivity contribution in [1.82, 2.24) is 15.0 Å². The maximum absolute atomic E-state index is 5.99. The monoisotopic (exact) mass is 268 g/mol. The first-order chi connectivity index (χ1) is 9.24. The number of rotatable bonds is 2. The fourth-order valence-electron chi connectivity index (χ4n) is 1.86. The molecule has 0 bridgehead atoms. The number of anilines is 1. The zero-order valence-corrected chi connectivity index (χ0v) is 11.2. The first-order valence-corrected chi connectivity index (χ1v) is 6.65. The van der Waals surface area contributed by atoms with E-state index in [2.05, 4.69) is 15.0 Å². The van der Waals surface area contributed by atoms with Gasteiger partial charge in [-0.2, -0.15) is 0 Å². The second-order valence-electron chi connectivity index (χ2n) is 4.16. The summed E-state index contributed by atoms with van der Waals surface area (Å²) < 4.78 is 0. The van der Waals surface area contributed by atoms with E-state index < -0.39 is 0 Å². The van der Waals surface area contributed by atoms with Gasteiger partial charge in [-0.25, -0.2) is 9.97 Å². The lowest BCUT2D eigenvalue weighted by atomic mass is 10.1. The third-order valence-corrected chi connectivity index (χ3v) is 3.74. The summed E-state index contributed by atoms with van der Waals surface area (Å²) in [5.74, 6) is 0. The van der Waals surface area contributed by atoms with E-state index in [1.165, 1.54) is 11.8 Å². The number of pyridine rings is 1. The molecule has 2 N–H and O–H groups in total. The number of aromatic nitrogens is 3. The van der Waals surface area contributed by atoms with Crippen molar-refractivity contribution in [2.24, 2.45) is 0 Å². The predicted octanol–water partition coefficient (Wildman–Crippen LogP) is 3.07. The molecule has 0 saturated carbocycles. The Bertz CT molecular complexity index is 728. The molecule has 94 valence electrons. The molecule has 0 radical (unpaired) electrons. The minimum Gasteiger partial charge on any atom is -0.398 e. The normalized spacial score (nSPS) is 10.8. The van der Waals surface area contributed by atoms with Crippen LogP contribution in [0.4, 0.5) is 5.69 Å². The molecule has 0 unspecified atom stereocenters. The number of nitrogen functional groups attached to an aromatic ring is 1. The summed E-state index contributed by atoms with van der Waals surface area (Å²) in [4.78, 5) is 13.8.